The fraction of sp³-hybridized carbons (Fsp3) is 0.214. The average Bonchev–Trinajstić information content (AvgIpc) is 2.45. The molecule has 2 aromatic rings. The second-order valence-corrected chi connectivity index (χ2v) is 4.93. The molecule has 1 amide bonds. The first-order valence-corrected chi connectivity index (χ1v) is 6.44. The van der Waals surface area contributed by atoms with Gasteiger partial charge in [-0.3, -0.25) is 4.79 Å². The highest BCUT2D eigenvalue weighted by atomic mass is 35.5. The second-order valence-electron chi connectivity index (χ2n) is 4.49. The minimum Gasteiger partial charge on any atom is -0.380 e. The number of benzene rings is 1. The Kier molecular flexibility index (Phi) is 4.53. The van der Waals surface area contributed by atoms with Crippen LogP contribution in [0.4, 0.5) is 5.69 Å². The molecule has 2 rings (SSSR count). The number of amides is 1. The van der Waals surface area contributed by atoms with Crippen molar-refractivity contribution in [2.45, 2.75) is 6.54 Å². The first kappa shape index (κ1) is 14.3. The molecule has 1 aromatic carbocycles. The highest BCUT2D eigenvalue weighted by Crippen LogP contribution is 2.22. The maximum atomic E-state index is 12.1. The predicted octanol–water partition coefficient (Wildman–Crippen LogP) is 2.44. The van der Waals surface area contributed by atoms with E-state index in [4.69, 9.17) is 11.6 Å². The molecule has 1 heterocycles. The van der Waals surface area contributed by atoms with Crippen LogP contribution in [0.3, 0.4) is 0 Å². The van der Waals surface area contributed by atoms with Gasteiger partial charge in [-0.2, -0.15) is 0 Å². The highest BCUT2D eigenvalue weighted by Gasteiger charge is 2.13. The van der Waals surface area contributed by atoms with E-state index in [9.17, 15) is 4.79 Å². The fourth-order valence-corrected chi connectivity index (χ4v) is 1.88. The van der Waals surface area contributed by atoms with E-state index >= 15 is 0 Å². The van der Waals surface area contributed by atoms with Gasteiger partial charge in [0.15, 0.2) is 0 Å². The van der Waals surface area contributed by atoms with E-state index in [0.29, 0.717) is 22.8 Å². The summed E-state index contributed by atoms with van der Waals surface area (Å²) < 4.78 is 0. The van der Waals surface area contributed by atoms with Crippen molar-refractivity contribution in [2.24, 2.45) is 0 Å². The van der Waals surface area contributed by atoms with Crippen molar-refractivity contribution in [1.29, 1.82) is 0 Å². The molecule has 0 bridgehead atoms. The molecule has 1 aromatic heterocycles. The molecule has 0 fully saturated rings. The lowest BCUT2D eigenvalue weighted by atomic mass is 10.1. The van der Waals surface area contributed by atoms with Gasteiger partial charge in [-0.15, -0.1) is 0 Å². The van der Waals surface area contributed by atoms with Gasteiger partial charge in [-0.1, -0.05) is 11.6 Å². The number of halogens is 1. The summed E-state index contributed by atoms with van der Waals surface area (Å²) in [7, 11) is 3.43. The van der Waals surface area contributed by atoms with Gasteiger partial charge in [-0.05, 0) is 18.2 Å². The summed E-state index contributed by atoms with van der Waals surface area (Å²) in [5.41, 5.74) is 2.20. The zero-order chi connectivity index (χ0) is 14.5. The Labute approximate surface area is 122 Å². The number of carbonyl (C=O) groups is 1. The van der Waals surface area contributed by atoms with Gasteiger partial charge in [0, 0.05) is 49.3 Å². The molecule has 0 radical (unpaired) electrons. The molecule has 0 aliphatic carbocycles. The maximum absolute atomic E-state index is 12.1. The number of hydrogen-bond donors (Lipinski definition) is 1. The molecule has 0 unspecified atom stereocenters. The van der Waals surface area contributed by atoms with Crippen LogP contribution >= 0.6 is 11.6 Å². The van der Waals surface area contributed by atoms with Crippen LogP contribution in [0.15, 0.2) is 36.9 Å². The van der Waals surface area contributed by atoms with Crippen LogP contribution in [0.25, 0.3) is 0 Å². The lowest BCUT2D eigenvalue weighted by Gasteiger charge is -2.15. The largest absolute Gasteiger partial charge is 0.380 e. The van der Waals surface area contributed by atoms with Gasteiger partial charge in [-0.25, -0.2) is 9.97 Å². The lowest BCUT2D eigenvalue weighted by molar-refractivity contribution is 0.0828. The van der Waals surface area contributed by atoms with Crippen LogP contribution in [0.1, 0.15) is 15.9 Å². The molecule has 6 heteroatoms. The predicted molar refractivity (Wildman–Crippen MR) is 78.8 cm³/mol. The van der Waals surface area contributed by atoms with Gasteiger partial charge < -0.3 is 10.2 Å². The van der Waals surface area contributed by atoms with Crippen LogP contribution in [0.2, 0.25) is 5.02 Å². The number of anilines is 1. The molecule has 0 aliphatic heterocycles. The molecule has 0 atom stereocenters. The summed E-state index contributed by atoms with van der Waals surface area (Å²) in [6.45, 7) is 0.523. The number of aromatic nitrogens is 2. The van der Waals surface area contributed by atoms with Crippen LogP contribution in [0, 0.1) is 0 Å². The van der Waals surface area contributed by atoms with Crippen molar-refractivity contribution in [3.63, 3.8) is 0 Å². The summed E-state index contributed by atoms with van der Waals surface area (Å²) >= 11 is 5.99. The molecule has 5 nitrogen and oxygen atoms in total. The van der Waals surface area contributed by atoms with E-state index in [2.05, 4.69) is 15.3 Å². The third-order valence-corrected chi connectivity index (χ3v) is 2.95. The van der Waals surface area contributed by atoms with Gasteiger partial charge in [0.1, 0.15) is 6.33 Å². The summed E-state index contributed by atoms with van der Waals surface area (Å²) in [4.78, 5) is 21.5. The van der Waals surface area contributed by atoms with E-state index in [0.717, 1.165) is 5.56 Å². The van der Waals surface area contributed by atoms with E-state index in [-0.39, 0.29) is 5.91 Å². The molecule has 0 saturated carbocycles. The molecular weight excluding hydrogens is 276 g/mol. The highest BCUT2D eigenvalue weighted by molar-refractivity contribution is 6.31. The van der Waals surface area contributed by atoms with Crippen LogP contribution in [0.5, 0.6) is 0 Å². The normalized spacial score (nSPS) is 10.2. The summed E-state index contributed by atoms with van der Waals surface area (Å²) in [6, 6.07) is 5.16. The topological polar surface area (TPSA) is 58.1 Å². The van der Waals surface area contributed by atoms with E-state index in [1.165, 1.54) is 11.2 Å². The van der Waals surface area contributed by atoms with Crippen molar-refractivity contribution in [3.8, 4) is 0 Å². The quantitative estimate of drug-likeness (QED) is 0.940. The Hall–Kier alpha value is -2.14. The standard InChI is InChI=1S/C14H15ClN4O/c1-19(2)14(20)12-4-3-11(15)5-13(12)18-8-10-6-16-9-17-7-10/h3-7,9,18H,8H2,1-2H3. The third kappa shape index (κ3) is 3.45. The molecule has 0 aliphatic rings. The van der Waals surface area contributed by atoms with E-state index in [1.54, 1.807) is 44.7 Å². The van der Waals surface area contributed by atoms with Gasteiger partial charge in [0.2, 0.25) is 0 Å². The Morgan fingerprint density at radius 3 is 2.65 bits per heavy atom. The van der Waals surface area contributed by atoms with Gasteiger partial charge >= 0.3 is 0 Å². The maximum Gasteiger partial charge on any atom is 0.255 e. The number of hydrogen-bond acceptors (Lipinski definition) is 4. The van der Waals surface area contributed by atoms with Crippen molar-refractivity contribution >= 4 is 23.2 Å². The number of nitrogens with one attached hydrogen (secondary N) is 1. The van der Waals surface area contributed by atoms with E-state index < -0.39 is 0 Å². The SMILES string of the molecule is CN(C)C(=O)c1ccc(Cl)cc1NCc1cncnc1. The first-order valence-electron chi connectivity index (χ1n) is 6.07. The van der Waals surface area contributed by atoms with E-state index in [1.807, 2.05) is 0 Å². The monoisotopic (exact) mass is 290 g/mol. The van der Waals surface area contributed by atoms with Crippen molar-refractivity contribution < 1.29 is 4.79 Å². The summed E-state index contributed by atoms with van der Waals surface area (Å²) in [6.07, 6.45) is 4.92. The van der Waals surface area contributed by atoms with Crippen molar-refractivity contribution in [2.75, 3.05) is 19.4 Å². The Bertz CT molecular complexity index is 601. The Morgan fingerprint density at radius 2 is 2.00 bits per heavy atom. The number of nitrogens with zero attached hydrogens (tertiary/aromatic N) is 3. The van der Waals surface area contributed by atoms with Crippen LogP contribution in [-0.2, 0) is 6.54 Å². The molecule has 0 saturated heterocycles. The molecule has 20 heavy (non-hydrogen) atoms. The number of rotatable bonds is 4. The smallest absolute Gasteiger partial charge is 0.255 e. The average molecular weight is 291 g/mol. The molecule has 104 valence electrons. The molecule has 1 N–H and O–H groups in total. The fourth-order valence-electron chi connectivity index (χ4n) is 1.71. The Morgan fingerprint density at radius 1 is 1.30 bits per heavy atom. The minimum absolute atomic E-state index is 0.0755. The molecule has 0 spiro atoms. The second kappa shape index (κ2) is 6.34. The third-order valence-electron chi connectivity index (χ3n) is 2.72. The molecular formula is C14H15ClN4O. The van der Waals surface area contributed by atoms with Gasteiger partial charge in [0.25, 0.3) is 5.91 Å². The van der Waals surface area contributed by atoms with Crippen molar-refractivity contribution in [3.05, 3.63) is 53.1 Å². The minimum atomic E-state index is -0.0755. The summed E-state index contributed by atoms with van der Waals surface area (Å²) in [5, 5.41) is 3.77. The van der Waals surface area contributed by atoms with Crippen LogP contribution in [-0.4, -0.2) is 34.9 Å². The van der Waals surface area contributed by atoms with Gasteiger partial charge in [0.05, 0.1) is 5.56 Å². The zero-order valence-corrected chi connectivity index (χ0v) is 12.1. The zero-order valence-electron chi connectivity index (χ0n) is 11.3. The number of carbonyl (C=O) groups excluding carboxylic acids is 1. The van der Waals surface area contributed by atoms with Crippen molar-refractivity contribution in [1.82, 2.24) is 14.9 Å². The van der Waals surface area contributed by atoms with Crippen LogP contribution < -0.4 is 5.32 Å². The first-order chi connectivity index (χ1) is 9.58. The summed E-state index contributed by atoms with van der Waals surface area (Å²) in [5.74, 6) is -0.0755. The Balaban J connectivity index is 2.21. The lowest BCUT2D eigenvalue weighted by Crippen LogP contribution is -2.23.